The number of rotatable bonds is 7. The highest BCUT2D eigenvalue weighted by molar-refractivity contribution is 5.76. The van der Waals surface area contributed by atoms with Crippen molar-refractivity contribution in [3.8, 4) is 0 Å². The highest BCUT2D eigenvalue weighted by atomic mass is 16.1. The molecule has 5 rings (SSSR count). The Morgan fingerprint density at radius 2 is 1.80 bits per heavy atom. The summed E-state index contributed by atoms with van der Waals surface area (Å²) in [7, 11) is 2.15. The average molecular weight is 477 g/mol. The minimum atomic E-state index is 0.0819. The molecule has 1 aromatic carbocycles. The van der Waals surface area contributed by atoms with Crippen LogP contribution in [0.3, 0.4) is 0 Å². The maximum absolute atomic E-state index is 12.8. The van der Waals surface area contributed by atoms with Gasteiger partial charge >= 0.3 is 0 Å². The van der Waals surface area contributed by atoms with E-state index in [9.17, 15) is 4.79 Å². The lowest BCUT2D eigenvalue weighted by Gasteiger charge is -2.33. The second-order valence-electron chi connectivity index (χ2n) is 9.83. The number of amides is 1. The van der Waals surface area contributed by atoms with Gasteiger partial charge in [-0.2, -0.15) is 4.52 Å². The number of anilines is 1. The molecule has 186 valence electrons. The predicted octanol–water partition coefficient (Wildman–Crippen LogP) is 1.98. The Bertz CT molecular complexity index is 1110. The van der Waals surface area contributed by atoms with E-state index in [0.29, 0.717) is 12.8 Å². The first-order valence-corrected chi connectivity index (χ1v) is 12.8. The number of carbonyl (C=O) groups is 1. The molecule has 0 saturated carbocycles. The molecule has 2 aromatic heterocycles. The molecular formula is C26H36N8O. The minimum absolute atomic E-state index is 0.0819. The summed E-state index contributed by atoms with van der Waals surface area (Å²) in [5.74, 6) is 1.76. The van der Waals surface area contributed by atoms with Crippen LogP contribution in [0.2, 0.25) is 0 Å². The number of piperazine rings is 1. The third-order valence-corrected chi connectivity index (χ3v) is 7.15. The molecule has 2 fully saturated rings. The number of hydrogen-bond acceptors (Lipinski definition) is 7. The number of benzene rings is 1. The van der Waals surface area contributed by atoms with Crippen LogP contribution in [0.1, 0.15) is 37.1 Å². The number of aryl methyl sites for hydroxylation is 1. The average Bonchev–Trinajstić information content (AvgIpc) is 3.16. The fourth-order valence-corrected chi connectivity index (χ4v) is 5.01. The van der Waals surface area contributed by atoms with E-state index < -0.39 is 0 Å². The number of likely N-dealkylation sites (tertiary alicyclic amines) is 1. The van der Waals surface area contributed by atoms with E-state index >= 15 is 0 Å². The topological polar surface area (TPSA) is 81.9 Å². The van der Waals surface area contributed by atoms with Gasteiger partial charge in [0.25, 0.3) is 0 Å². The summed E-state index contributed by atoms with van der Waals surface area (Å²) in [5, 5.41) is 16.6. The normalized spacial score (nSPS) is 20.1. The lowest BCUT2D eigenvalue weighted by atomic mass is 10.1. The fourth-order valence-electron chi connectivity index (χ4n) is 5.01. The highest BCUT2D eigenvalue weighted by Crippen LogP contribution is 2.16. The van der Waals surface area contributed by atoms with E-state index in [1.165, 1.54) is 5.56 Å². The Morgan fingerprint density at radius 3 is 2.63 bits per heavy atom. The van der Waals surface area contributed by atoms with Gasteiger partial charge in [0, 0.05) is 58.2 Å². The van der Waals surface area contributed by atoms with Crippen molar-refractivity contribution in [2.75, 3.05) is 51.2 Å². The van der Waals surface area contributed by atoms with Crippen molar-refractivity contribution >= 4 is 17.4 Å². The van der Waals surface area contributed by atoms with Gasteiger partial charge in [0.15, 0.2) is 11.5 Å². The Labute approximate surface area is 207 Å². The summed E-state index contributed by atoms with van der Waals surface area (Å²) in [4.78, 5) is 19.9. The van der Waals surface area contributed by atoms with Crippen molar-refractivity contribution in [2.45, 2.75) is 44.7 Å². The molecule has 0 bridgehead atoms. The molecule has 9 heteroatoms. The van der Waals surface area contributed by atoms with E-state index in [1.807, 2.05) is 12.1 Å². The van der Waals surface area contributed by atoms with Gasteiger partial charge < -0.3 is 15.1 Å². The zero-order chi connectivity index (χ0) is 24.0. The van der Waals surface area contributed by atoms with Gasteiger partial charge in [0.2, 0.25) is 5.91 Å². The SMILES string of the molecule is CN1CCN(c2ccc3nnc(CCC(=O)NC4CCCN(Cc5ccccc5)CC4)n3n2)CC1. The molecule has 4 heterocycles. The molecule has 3 aromatic rings. The molecular weight excluding hydrogens is 440 g/mol. The molecule has 1 N–H and O–H groups in total. The zero-order valence-corrected chi connectivity index (χ0v) is 20.6. The smallest absolute Gasteiger partial charge is 0.220 e. The summed E-state index contributed by atoms with van der Waals surface area (Å²) >= 11 is 0. The number of aromatic nitrogens is 4. The first-order valence-electron chi connectivity index (χ1n) is 12.8. The maximum atomic E-state index is 12.8. The highest BCUT2D eigenvalue weighted by Gasteiger charge is 2.20. The van der Waals surface area contributed by atoms with Crippen molar-refractivity contribution in [3.63, 3.8) is 0 Å². The fraction of sp³-hybridized carbons (Fsp3) is 0.538. The summed E-state index contributed by atoms with van der Waals surface area (Å²) in [5.41, 5.74) is 2.07. The lowest BCUT2D eigenvalue weighted by Crippen LogP contribution is -2.45. The Balaban J connectivity index is 1.12. The van der Waals surface area contributed by atoms with Gasteiger partial charge in [-0.15, -0.1) is 15.3 Å². The first kappa shape index (κ1) is 23.7. The third-order valence-electron chi connectivity index (χ3n) is 7.15. The summed E-state index contributed by atoms with van der Waals surface area (Å²) in [6.07, 6.45) is 4.04. The molecule has 0 spiro atoms. The van der Waals surface area contributed by atoms with Crippen molar-refractivity contribution < 1.29 is 4.79 Å². The number of carbonyl (C=O) groups excluding carboxylic acids is 1. The van der Waals surface area contributed by atoms with Crippen LogP contribution in [-0.4, -0.2) is 87.9 Å². The van der Waals surface area contributed by atoms with Crippen LogP contribution < -0.4 is 10.2 Å². The van der Waals surface area contributed by atoms with Crippen LogP contribution in [0.5, 0.6) is 0 Å². The lowest BCUT2D eigenvalue weighted by molar-refractivity contribution is -0.121. The van der Waals surface area contributed by atoms with E-state index in [2.05, 4.69) is 67.6 Å². The van der Waals surface area contributed by atoms with Crippen molar-refractivity contribution in [3.05, 3.63) is 53.9 Å². The van der Waals surface area contributed by atoms with Gasteiger partial charge in [-0.25, -0.2) is 0 Å². The molecule has 0 radical (unpaired) electrons. The molecule has 0 aliphatic carbocycles. The van der Waals surface area contributed by atoms with Crippen LogP contribution in [0.4, 0.5) is 5.82 Å². The molecule has 2 saturated heterocycles. The van der Waals surface area contributed by atoms with Gasteiger partial charge in [-0.1, -0.05) is 30.3 Å². The number of fused-ring (bicyclic) bond motifs is 1. The van der Waals surface area contributed by atoms with Crippen molar-refractivity contribution in [2.24, 2.45) is 0 Å². The second-order valence-corrected chi connectivity index (χ2v) is 9.83. The Hall–Kier alpha value is -3.04. The van der Waals surface area contributed by atoms with Crippen molar-refractivity contribution in [1.82, 2.24) is 34.9 Å². The number of nitrogens with zero attached hydrogens (tertiary/aromatic N) is 7. The third kappa shape index (κ3) is 6.15. The molecule has 2 aliphatic heterocycles. The standard InChI is InChI=1S/C26H36N8O/c1-31-16-18-33(19-17-31)25-10-9-23-28-29-24(34(23)30-25)11-12-26(35)27-22-8-5-14-32(15-13-22)20-21-6-3-2-4-7-21/h2-4,6-7,9-10,22H,5,8,11-20H2,1H3,(H,27,35). The van der Waals surface area contributed by atoms with Gasteiger partial charge in [-0.3, -0.25) is 9.69 Å². The van der Waals surface area contributed by atoms with Crippen LogP contribution in [0.25, 0.3) is 5.65 Å². The molecule has 1 atom stereocenters. The second kappa shape index (κ2) is 11.1. The van der Waals surface area contributed by atoms with E-state index in [-0.39, 0.29) is 11.9 Å². The van der Waals surface area contributed by atoms with Gasteiger partial charge in [-0.05, 0) is 50.6 Å². The number of hydrogen-bond donors (Lipinski definition) is 1. The van der Waals surface area contributed by atoms with E-state index in [4.69, 9.17) is 5.10 Å². The summed E-state index contributed by atoms with van der Waals surface area (Å²) in [6, 6.07) is 14.8. The first-order chi connectivity index (χ1) is 17.1. The molecule has 9 nitrogen and oxygen atoms in total. The Kier molecular flexibility index (Phi) is 7.54. The zero-order valence-electron chi connectivity index (χ0n) is 20.6. The number of nitrogens with one attached hydrogen (secondary N) is 1. The van der Waals surface area contributed by atoms with Crippen molar-refractivity contribution in [1.29, 1.82) is 0 Å². The summed E-state index contributed by atoms with van der Waals surface area (Å²) in [6.45, 7) is 7.03. The van der Waals surface area contributed by atoms with Crippen LogP contribution >= 0.6 is 0 Å². The molecule has 1 unspecified atom stereocenters. The maximum Gasteiger partial charge on any atom is 0.220 e. The van der Waals surface area contributed by atoms with Gasteiger partial charge in [0.05, 0.1) is 0 Å². The molecule has 2 aliphatic rings. The van der Waals surface area contributed by atoms with Gasteiger partial charge in [0.1, 0.15) is 5.82 Å². The van der Waals surface area contributed by atoms with Crippen LogP contribution in [0.15, 0.2) is 42.5 Å². The monoisotopic (exact) mass is 476 g/mol. The quantitative estimate of drug-likeness (QED) is 0.558. The summed E-state index contributed by atoms with van der Waals surface area (Å²) < 4.78 is 1.80. The van der Waals surface area contributed by atoms with Crippen LogP contribution in [0, 0.1) is 0 Å². The molecule has 1 amide bonds. The predicted molar refractivity (Wildman–Crippen MR) is 136 cm³/mol. The number of likely N-dealkylation sites (N-methyl/N-ethyl adjacent to an activating group) is 1. The van der Waals surface area contributed by atoms with Crippen LogP contribution in [-0.2, 0) is 17.8 Å². The largest absolute Gasteiger partial charge is 0.353 e. The minimum Gasteiger partial charge on any atom is -0.353 e. The van der Waals surface area contributed by atoms with E-state index in [1.54, 1.807) is 4.52 Å². The van der Waals surface area contributed by atoms with E-state index in [0.717, 1.165) is 82.4 Å². The Morgan fingerprint density at radius 1 is 0.971 bits per heavy atom. The molecule has 35 heavy (non-hydrogen) atoms.